The fourth-order valence-corrected chi connectivity index (χ4v) is 4.10. The number of hydrogen-bond acceptors (Lipinski definition) is 4. The fraction of sp³-hybridized carbons (Fsp3) is 0.0800. The van der Waals surface area contributed by atoms with Crippen LogP contribution in [0.15, 0.2) is 70.7 Å². The highest BCUT2D eigenvalue weighted by Crippen LogP contribution is 2.30. The van der Waals surface area contributed by atoms with E-state index in [1.165, 1.54) is 6.08 Å². The van der Waals surface area contributed by atoms with Crippen LogP contribution in [0.3, 0.4) is 0 Å². The number of urea groups is 1. The molecule has 0 saturated carbocycles. The molecule has 0 bridgehead atoms. The number of halogens is 3. The highest BCUT2D eigenvalue weighted by atomic mass is 79.9. The minimum Gasteiger partial charge on any atom is -0.488 e. The van der Waals surface area contributed by atoms with E-state index in [1.54, 1.807) is 54.6 Å². The van der Waals surface area contributed by atoms with E-state index in [4.69, 9.17) is 27.9 Å². The van der Waals surface area contributed by atoms with Gasteiger partial charge in [0.2, 0.25) is 0 Å². The molecule has 3 aromatic rings. The van der Waals surface area contributed by atoms with Crippen molar-refractivity contribution in [2.24, 2.45) is 0 Å². The lowest BCUT2D eigenvalue weighted by atomic mass is 10.1. The van der Waals surface area contributed by atoms with Crippen LogP contribution in [0.5, 0.6) is 5.75 Å². The first-order valence-corrected chi connectivity index (χ1v) is 11.6. The predicted octanol–water partition coefficient (Wildman–Crippen LogP) is 6.31. The number of rotatable bonds is 5. The maximum absolute atomic E-state index is 13.0. The van der Waals surface area contributed by atoms with Gasteiger partial charge in [0.1, 0.15) is 17.9 Å². The molecule has 3 aromatic carbocycles. The zero-order valence-electron chi connectivity index (χ0n) is 17.8. The summed E-state index contributed by atoms with van der Waals surface area (Å²) in [7, 11) is 0. The van der Waals surface area contributed by atoms with Crippen molar-refractivity contribution in [2.45, 2.75) is 13.5 Å². The Balaban J connectivity index is 1.55. The monoisotopic (exact) mass is 558 g/mol. The van der Waals surface area contributed by atoms with Crippen molar-refractivity contribution in [3.8, 4) is 5.75 Å². The Morgan fingerprint density at radius 3 is 2.38 bits per heavy atom. The Morgan fingerprint density at radius 2 is 1.71 bits per heavy atom. The van der Waals surface area contributed by atoms with Crippen LogP contribution in [0.4, 0.5) is 10.5 Å². The Labute approximate surface area is 214 Å². The standard InChI is InChI=1S/C25H17BrCl2N2O4/c1-14-2-6-17(7-3-14)30-24(32)18(23(31)29-25(30)33)10-15-5-9-22(19(26)11-15)34-13-16-4-8-20(27)21(28)12-16/h2-12H,13H2,1H3,(H,29,31,33)/b18-10+. The summed E-state index contributed by atoms with van der Waals surface area (Å²) < 4.78 is 6.46. The predicted molar refractivity (Wildman–Crippen MR) is 135 cm³/mol. The molecule has 0 atom stereocenters. The number of anilines is 1. The Bertz CT molecular complexity index is 1340. The maximum Gasteiger partial charge on any atom is 0.335 e. The molecule has 4 rings (SSSR count). The minimum absolute atomic E-state index is 0.156. The van der Waals surface area contributed by atoms with E-state index < -0.39 is 17.8 Å². The van der Waals surface area contributed by atoms with Gasteiger partial charge in [-0.1, -0.05) is 53.0 Å². The second-order valence-corrected chi connectivity index (χ2v) is 9.19. The normalized spacial score (nSPS) is 15.0. The SMILES string of the molecule is Cc1ccc(N2C(=O)NC(=O)/C(=C\c3ccc(OCc4ccc(Cl)c(Cl)c4)c(Br)c3)C2=O)cc1. The number of carbonyl (C=O) groups is 3. The van der Waals surface area contributed by atoms with Crippen LogP contribution < -0.4 is 15.0 Å². The number of barbiturate groups is 1. The molecular formula is C25H17BrCl2N2O4. The average molecular weight is 560 g/mol. The van der Waals surface area contributed by atoms with E-state index in [9.17, 15) is 14.4 Å². The summed E-state index contributed by atoms with van der Waals surface area (Å²) in [6, 6.07) is 16.4. The van der Waals surface area contributed by atoms with Crippen LogP contribution in [0, 0.1) is 6.92 Å². The van der Waals surface area contributed by atoms with Crippen molar-refractivity contribution in [1.82, 2.24) is 5.32 Å². The van der Waals surface area contributed by atoms with Crippen molar-refractivity contribution in [3.05, 3.63) is 97.4 Å². The summed E-state index contributed by atoms with van der Waals surface area (Å²) in [5.41, 5.74) is 2.62. The molecule has 1 saturated heterocycles. The third kappa shape index (κ3) is 5.17. The van der Waals surface area contributed by atoms with Gasteiger partial charge in [-0.05, 0) is 76.5 Å². The summed E-state index contributed by atoms with van der Waals surface area (Å²) in [5.74, 6) is -0.896. The molecule has 172 valence electrons. The molecule has 0 spiro atoms. The topological polar surface area (TPSA) is 75.7 Å². The van der Waals surface area contributed by atoms with Crippen molar-refractivity contribution >= 4 is 68.7 Å². The van der Waals surface area contributed by atoms with Crippen LogP contribution in [-0.2, 0) is 16.2 Å². The van der Waals surface area contributed by atoms with Crippen molar-refractivity contribution < 1.29 is 19.1 Å². The second-order valence-electron chi connectivity index (χ2n) is 7.52. The van der Waals surface area contributed by atoms with E-state index in [1.807, 2.05) is 13.0 Å². The third-order valence-corrected chi connectivity index (χ3v) is 6.40. The molecular weight excluding hydrogens is 543 g/mol. The summed E-state index contributed by atoms with van der Waals surface area (Å²) in [6.45, 7) is 2.16. The average Bonchev–Trinajstić information content (AvgIpc) is 2.79. The van der Waals surface area contributed by atoms with Gasteiger partial charge in [-0.2, -0.15) is 0 Å². The van der Waals surface area contributed by atoms with Gasteiger partial charge in [0.25, 0.3) is 11.8 Å². The lowest BCUT2D eigenvalue weighted by Gasteiger charge is -2.26. The van der Waals surface area contributed by atoms with E-state index >= 15 is 0 Å². The van der Waals surface area contributed by atoms with E-state index in [0.29, 0.717) is 31.5 Å². The van der Waals surface area contributed by atoms with Crippen LogP contribution >= 0.6 is 39.1 Å². The molecule has 4 amide bonds. The Kier molecular flexibility index (Phi) is 7.07. The lowest BCUT2D eigenvalue weighted by Crippen LogP contribution is -2.54. The first-order valence-electron chi connectivity index (χ1n) is 10.1. The number of nitrogens with zero attached hydrogens (tertiary/aromatic N) is 1. The van der Waals surface area contributed by atoms with Crippen LogP contribution in [0.1, 0.15) is 16.7 Å². The van der Waals surface area contributed by atoms with Gasteiger partial charge in [-0.3, -0.25) is 14.9 Å². The van der Waals surface area contributed by atoms with Gasteiger partial charge < -0.3 is 4.74 Å². The second kappa shape index (κ2) is 10.0. The van der Waals surface area contributed by atoms with Crippen molar-refractivity contribution in [1.29, 1.82) is 0 Å². The van der Waals surface area contributed by atoms with E-state index in [2.05, 4.69) is 21.2 Å². The lowest BCUT2D eigenvalue weighted by molar-refractivity contribution is -0.122. The van der Waals surface area contributed by atoms with Gasteiger partial charge >= 0.3 is 6.03 Å². The largest absolute Gasteiger partial charge is 0.488 e. The minimum atomic E-state index is -0.789. The van der Waals surface area contributed by atoms with Crippen LogP contribution in [0.2, 0.25) is 10.0 Å². The molecule has 34 heavy (non-hydrogen) atoms. The Hall–Kier alpha value is -3.13. The molecule has 1 fully saturated rings. The quantitative estimate of drug-likeness (QED) is 0.293. The van der Waals surface area contributed by atoms with Gasteiger partial charge in [-0.15, -0.1) is 0 Å². The zero-order valence-corrected chi connectivity index (χ0v) is 20.9. The number of hydrogen-bond donors (Lipinski definition) is 1. The number of ether oxygens (including phenoxy) is 1. The summed E-state index contributed by atoms with van der Waals surface area (Å²) in [4.78, 5) is 38.7. The summed E-state index contributed by atoms with van der Waals surface area (Å²) >= 11 is 15.4. The van der Waals surface area contributed by atoms with Gasteiger partial charge in [0, 0.05) is 0 Å². The number of amides is 4. The number of nitrogens with one attached hydrogen (secondary N) is 1. The molecule has 1 heterocycles. The number of imide groups is 2. The van der Waals surface area contributed by atoms with Gasteiger partial charge in [-0.25, -0.2) is 9.69 Å². The van der Waals surface area contributed by atoms with E-state index in [-0.39, 0.29) is 12.2 Å². The highest BCUT2D eigenvalue weighted by molar-refractivity contribution is 9.10. The number of benzene rings is 3. The van der Waals surface area contributed by atoms with Crippen LogP contribution in [-0.4, -0.2) is 17.8 Å². The zero-order chi connectivity index (χ0) is 24.4. The summed E-state index contributed by atoms with van der Waals surface area (Å²) in [5, 5.41) is 3.13. The molecule has 0 aliphatic carbocycles. The molecule has 0 unspecified atom stereocenters. The van der Waals surface area contributed by atoms with E-state index in [0.717, 1.165) is 16.0 Å². The molecule has 1 aliphatic heterocycles. The Morgan fingerprint density at radius 1 is 0.971 bits per heavy atom. The molecule has 0 radical (unpaired) electrons. The molecule has 1 aliphatic rings. The highest BCUT2D eigenvalue weighted by Gasteiger charge is 2.36. The maximum atomic E-state index is 13.0. The molecule has 0 aromatic heterocycles. The number of aryl methyl sites for hydroxylation is 1. The van der Waals surface area contributed by atoms with Crippen molar-refractivity contribution in [2.75, 3.05) is 4.90 Å². The third-order valence-electron chi connectivity index (χ3n) is 5.04. The first-order chi connectivity index (χ1) is 16.2. The van der Waals surface area contributed by atoms with Crippen molar-refractivity contribution in [3.63, 3.8) is 0 Å². The van der Waals surface area contributed by atoms with Crippen LogP contribution in [0.25, 0.3) is 6.08 Å². The molecule has 9 heteroatoms. The molecule has 1 N–H and O–H groups in total. The van der Waals surface area contributed by atoms with Gasteiger partial charge in [0.05, 0.1) is 20.2 Å². The molecule has 6 nitrogen and oxygen atoms in total. The number of carbonyl (C=O) groups excluding carboxylic acids is 3. The first kappa shape index (κ1) is 24.0. The fourth-order valence-electron chi connectivity index (χ4n) is 3.27. The smallest absolute Gasteiger partial charge is 0.335 e. The summed E-state index contributed by atoms with van der Waals surface area (Å²) in [6.07, 6.45) is 1.43. The van der Waals surface area contributed by atoms with Gasteiger partial charge in [0.15, 0.2) is 0 Å².